The van der Waals surface area contributed by atoms with Crippen molar-refractivity contribution in [1.29, 1.82) is 0 Å². The highest BCUT2D eigenvalue weighted by atomic mass is 16.3. The molecule has 2 heterocycles. The summed E-state index contributed by atoms with van der Waals surface area (Å²) in [6.07, 6.45) is 0. The molecule has 13 aromatic rings. The number of hydrogen-bond donors (Lipinski definition) is 0. The molecular formula is C64H42N2O. The van der Waals surface area contributed by atoms with E-state index < -0.39 is 0 Å². The molecule has 3 heteroatoms. The summed E-state index contributed by atoms with van der Waals surface area (Å²) in [5, 5.41) is 7.07. The standard InChI is InChI=1S/C64H42N2O/c1-4-14-43(15-5-1)44-24-26-45(27-25-44)46-28-34-52(35-29-46)65(50-16-6-2-7-17-50)53-36-30-47(31-37-53)57-42-58-49(33-39-63-64(58)55-21-11-13-23-62(55)67-63)40-56(57)48-32-38-61-59(41-48)54-20-10-12-22-60(54)66(61)51-18-8-3-9-19-51/h1-42H. The lowest BCUT2D eigenvalue weighted by Gasteiger charge is -2.26. The molecule has 67 heavy (non-hydrogen) atoms. The second kappa shape index (κ2) is 16.0. The first-order chi connectivity index (χ1) is 33.2. The first kappa shape index (κ1) is 38.5. The van der Waals surface area contributed by atoms with Crippen LogP contribution < -0.4 is 4.90 Å². The zero-order valence-corrected chi connectivity index (χ0v) is 36.6. The Morgan fingerprint density at radius 1 is 0.299 bits per heavy atom. The molecule has 0 saturated carbocycles. The number of benzene rings is 11. The first-order valence-electron chi connectivity index (χ1n) is 22.9. The van der Waals surface area contributed by atoms with E-state index in [9.17, 15) is 0 Å². The molecule has 0 bridgehead atoms. The van der Waals surface area contributed by atoms with Crippen LogP contribution in [0.3, 0.4) is 0 Å². The van der Waals surface area contributed by atoms with E-state index in [2.05, 4.69) is 258 Å². The minimum Gasteiger partial charge on any atom is -0.456 e. The van der Waals surface area contributed by atoms with Crippen molar-refractivity contribution in [2.45, 2.75) is 0 Å². The van der Waals surface area contributed by atoms with E-state index in [4.69, 9.17) is 4.42 Å². The Morgan fingerprint density at radius 2 is 0.806 bits per heavy atom. The average molecular weight is 855 g/mol. The van der Waals surface area contributed by atoms with Crippen molar-refractivity contribution < 1.29 is 4.42 Å². The number of furan rings is 1. The first-order valence-corrected chi connectivity index (χ1v) is 22.9. The van der Waals surface area contributed by atoms with E-state index in [-0.39, 0.29) is 0 Å². The van der Waals surface area contributed by atoms with Gasteiger partial charge in [0, 0.05) is 44.3 Å². The molecule has 0 radical (unpaired) electrons. The Kier molecular flexibility index (Phi) is 9.17. The summed E-state index contributed by atoms with van der Waals surface area (Å²) < 4.78 is 8.80. The van der Waals surface area contributed by atoms with Gasteiger partial charge in [0.1, 0.15) is 11.2 Å². The third-order valence-corrected chi connectivity index (χ3v) is 13.4. The fourth-order valence-corrected chi connectivity index (χ4v) is 10.2. The van der Waals surface area contributed by atoms with Crippen molar-refractivity contribution in [2.75, 3.05) is 4.90 Å². The van der Waals surface area contributed by atoms with Crippen LogP contribution in [0.15, 0.2) is 259 Å². The number of rotatable bonds is 8. The van der Waals surface area contributed by atoms with Crippen molar-refractivity contribution >= 4 is 71.6 Å². The Hall–Kier alpha value is -8.92. The molecule has 0 aliphatic carbocycles. The number of para-hydroxylation sites is 4. The molecule has 0 atom stereocenters. The highest BCUT2D eigenvalue weighted by Gasteiger charge is 2.19. The Bertz CT molecular complexity index is 3930. The summed E-state index contributed by atoms with van der Waals surface area (Å²) in [6.45, 7) is 0. The summed E-state index contributed by atoms with van der Waals surface area (Å²) in [6, 6.07) is 91.9. The van der Waals surface area contributed by atoms with Crippen LogP contribution in [0.25, 0.3) is 105 Å². The van der Waals surface area contributed by atoms with Gasteiger partial charge in [-0.15, -0.1) is 0 Å². The van der Waals surface area contributed by atoms with Gasteiger partial charge in [0.2, 0.25) is 0 Å². The molecule has 0 spiro atoms. The van der Waals surface area contributed by atoms with Gasteiger partial charge in [0.25, 0.3) is 0 Å². The van der Waals surface area contributed by atoms with E-state index in [1.54, 1.807) is 0 Å². The third-order valence-electron chi connectivity index (χ3n) is 13.4. The molecule has 0 fully saturated rings. The number of aromatic nitrogens is 1. The van der Waals surface area contributed by atoms with Gasteiger partial charge in [-0.25, -0.2) is 0 Å². The van der Waals surface area contributed by atoms with Crippen molar-refractivity contribution in [3.8, 4) is 50.2 Å². The highest BCUT2D eigenvalue weighted by molar-refractivity contribution is 6.20. The third kappa shape index (κ3) is 6.67. The average Bonchev–Trinajstić information content (AvgIpc) is 3.96. The second-order valence-electron chi connectivity index (χ2n) is 17.3. The quantitative estimate of drug-likeness (QED) is 0.152. The molecule has 314 valence electrons. The Labute approximate surface area is 388 Å². The molecule has 13 rings (SSSR count). The smallest absolute Gasteiger partial charge is 0.136 e. The predicted octanol–water partition coefficient (Wildman–Crippen LogP) is 18.0. The predicted molar refractivity (Wildman–Crippen MR) is 282 cm³/mol. The molecule has 11 aromatic carbocycles. The number of hydrogen-bond acceptors (Lipinski definition) is 2. The maximum Gasteiger partial charge on any atom is 0.136 e. The number of anilines is 3. The van der Waals surface area contributed by atoms with Gasteiger partial charge in [0.15, 0.2) is 0 Å². The minimum atomic E-state index is 0.895. The van der Waals surface area contributed by atoms with Gasteiger partial charge in [-0.1, -0.05) is 164 Å². The maximum absolute atomic E-state index is 6.42. The summed E-state index contributed by atoms with van der Waals surface area (Å²) in [4.78, 5) is 2.34. The molecular weight excluding hydrogens is 813 g/mol. The summed E-state index contributed by atoms with van der Waals surface area (Å²) in [5.74, 6) is 0. The number of nitrogens with zero attached hydrogens (tertiary/aromatic N) is 2. The van der Waals surface area contributed by atoms with Gasteiger partial charge in [0.05, 0.1) is 11.0 Å². The zero-order chi connectivity index (χ0) is 44.3. The normalized spacial score (nSPS) is 11.6. The van der Waals surface area contributed by atoms with Crippen molar-refractivity contribution in [1.82, 2.24) is 4.57 Å². The molecule has 0 saturated heterocycles. The van der Waals surface area contributed by atoms with Crippen molar-refractivity contribution in [3.63, 3.8) is 0 Å². The monoisotopic (exact) mass is 854 g/mol. The highest BCUT2D eigenvalue weighted by Crippen LogP contribution is 2.44. The van der Waals surface area contributed by atoms with E-state index in [1.807, 2.05) is 6.07 Å². The Morgan fingerprint density at radius 3 is 1.51 bits per heavy atom. The molecule has 0 unspecified atom stereocenters. The van der Waals surface area contributed by atoms with Gasteiger partial charge < -0.3 is 13.9 Å². The Balaban J connectivity index is 0.939. The van der Waals surface area contributed by atoms with E-state index in [0.717, 1.165) is 55.8 Å². The number of fused-ring (bicyclic) bond motifs is 8. The largest absolute Gasteiger partial charge is 0.456 e. The summed E-state index contributed by atoms with van der Waals surface area (Å²) in [5.41, 5.74) is 18.0. The molecule has 0 N–H and O–H groups in total. The summed E-state index contributed by atoms with van der Waals surface area (Å²) in [7, 11) is 0. The summed E-state index contributed by atoms with van der Waals surface area (Å²) >= 11 is 0. The van der Waals surface area contributed by atoms with Crippen LogP contribution in [0, 0.1) is 0 Å². The topological polar surface area (TPSA) is 21.3 Å². The second-order valence-corrected chi connectivity index (χ2v) is 17.3. The van der Waals surface area contributed by atoms with Crippen LogP contribution in [0.1, 0.15) is 0 Å². The van der Waals surface area contributed by atoms with E-state index in [0.29, 0.717) is 0 Å². The molecule has 2 aromatic heterocycles. The van der Waals surface area contributed by atoms with Gasteiger partial charge >= 0.3 is 0 Å². The lowest BCUT2D eigenvalue weighted by molar-refractivity contribution is 0.669. The maximum atomic E-state index is 6.42. The van der Waals surface area contributed by atoms with Gasteiger partial charge in [-0.3, -0.25) is 0 Å². The van der Waals surface area contributed by atoms with Crippen LogP contribution >= 0.6 is 0 Å². The lowest BCUT2D eigenvalue weighted by Crippen LogP contribution is -2.09. The van der Waals surface area contributed by atoms with Crippen LogP contribution in [0.5, 0.6) is 0 Å². The molecule has 0 aliphatic rings. The minimum absolute atomic E-state index is 0.895. The fraction of sp³-hybridized carbons (Fsp3) is 0. The molecule has 0 amide bonds. The van der Waals surface area contributed by atoms with Crippen molar-refractivity contribution in [2.24, 2.45) is 0 Å². The van der Waals surface area contributed by atoms with Crippen molar-refractivity contribution in [3.05, 3.63) is 255 Å². The SMILES string of the molecule is c1ccc(-c2ccc(-c3ccc(N(c4ccccc4)c4ccc(-c5cc6c(ccc7oc8ccccc8c76)cc5-c5ccc6c(c5)c5ccccc5n6-c5ccccc5)cc4)cc3)cc2)cc1. The van der Waals surface area contributed by atoms with Crippen LogP contribution in [-0.4, -0.2) is 4.57 Å². The van der Waals surface area contributed by atoms with Gasteiger partial charge in [-0.2, -0.15) is 0 Å². The van der Waals surface area contributed by atoms with Crippen LogP contribution in [0.2, 0.25) is 0 Å². The fourth-order valence-electron chi connectivity index (χ4n) is 10.2. The van der Waals surface area contributed by atoms with Crippen LogP contribution in [0.4, 0.5) is 17.1 Å². The lowest BCUT2D eigenvalue weighted by atomic mass is 9.89. The molecule has 3 nitrogen and oxygen atoms in total. The van der Waals surface area contributed by atoms with E-state index >= 15 is 0 Å². The van der Waals surface area contributed by atoms with Crippen LogP contribution in [-0.2, 0) is 0 Å². The van der Waals surface area contributed by atoms with Gasteiger partial charge in [-0.05, 0) is 146 Å². The zero-order valence-electron chi connectivity index (χ0n) is 36.6. The molecule has 0 aliphatic heterocycles. The van der Waals surface area contributed by atoms with E-state index in [1.165, 1.54) is 66.0 Å².